The first-order valence-corrected chi connectivity index (χ1v) is 13.2. The summed E-state index contributed by atoms with van der Waals surface area (Å²) in [5, 5.41) is 25.7. The number of aliphatic hydroxyl groups excluding tert-OH is 1. The maximum Gasteiger partial charge on any atom is 0.246 e. The summed E-state index contributed by atoms with van der Waals surface area (Å²) in [6, 6.07) is 1.90. The largest absolute Gasteiger partial charge is 0.389 e. The first-order chi connectivity index (χ1) is 17.9. The zero-order valence-corrected chi connectivity index (χ0v) is 22.0. The van der Waals surface area contributed by atoms with E-state index in [1.165, 1.54) is 5.57 Å². The van der Waals surface area contributed by atoms with Gasteiger partial charge in [-0.1, -0.05) is 37.0 Å². The van der Waals surface area contributed by atoms with Crippen LogP contribution in [0.2, 0.25) is 0 Å². The van der Waals surface area contributed by atoms with Crippen molar-refractivity contribution in [2.24, 2.45) is 0 Å². The number of β-amino-alcohol motifs (C(OH)–C–C–N with tert-alkyl or cyclic N) is 1. The van der Waals surface area contributed by atoms with Crippen LogP contribution < -0.4 is 5.32 Å². The Morgan fingerprint density at radius 1 is 1.24 bits per heavy atom. The molecule has 0 saturated carbocycles. The standard InChI is InChI=1S/C30H42N4O3/c1-3-5-11-27-26(9-4-2)10-8-20-33(19-7-6-17-32-27)24-28(35)30(37)15-21-34(22-16-30)29(36)13-12-25-14-18-31-23-25/h3-6,9,11-14,17-18,23,28,31-32,35,37H,2,7-8,10,15-16,19-22,24H2,1H3/b5-3-,13-12+,17-6+,26-9-,27-11+. The number of allylic oxidation sites excluding steroid dienone is 6. The van der Waals surface area contributed by atoms with Crippen LogP contribution in [0.4, 0.5) is 0 Å². The molecular formula is C30H42N4O3. The Labute approximate surface area is 221 Å². The maximum atomic E-state index is 12.6. The number of amides is 1. The summed E-state index contributed by atoms with van der Waals surface area (Å²) >= 11 is 0. The normalized spacial score (nSPS) is 23.7. The summed E-state index contributed by atoms with van der Waals surface area (Å²) in [6.07, 6.45) is 23.5. The Morgan fingerprint density at radius 2 is 2.05 bits per heavy atom. The number of aromatic nitrogens is 1. The molecule has 37 heavy (non-hydrogen) atoms. The van der Waals surface area contributed by atoms with E-state index in [4.69, 9.17) is 0 Å². The molecule has 2 aliphatic heterocycles. The van der Waals surface area contributed by atoms with Crippen molar-refractivity contribution in [2.45, 2.75) is 50.7 Å². The summed E-state index contributed by atoms with van der Waals surface area (Å²) in [5.41, 5.74) is 1.99. The average molecular weight is 507 g/mol. The zero-order chi connectivity index (χ0) is 26.5. The smallest absolute Gasteiger partial charge is 0.246 e. The highest BCUT2D eigenvalue weighted by molar-refractivity contribution is 5.91. The lowest BCUT2D eigenvalue weighted by Crippen LogP contribution is -2.55. The maximum absolute atomic E-state index is 12.6. The number of nitrogens with one attached hydrogen (secondary N) is 2. The van der Waals surface area contributed by atoms with E-state index in [1.54, 1.807) is 17.1 Å². The topological polar surface area (TPSA) is 91.8 Å². The van der Waals surface area contributed by atoms with Crippen LogP contribution in [0.15, 0.2) is 85.0 Å². The van der Waals surface area contributed by atoms with E-state index in [0.717, 1.165) is 43.6 Å². The molecule has 1 atom stereocenters. The quantitative estimate of drug-likeness (QED) is 0.421. The lowest BCUT2D eigenvalue weighted by atomic mass is 9.85. The van der Waals surface area contributed by atoms with Crippen LogP contribution in [-0.4, -0.2) is 75.3 Å². The van der Waals surface area contributed by atoms with Gasteiger partial charge in [-0.2, -0.15) is 0 Å². The fraction of sp³-hybridized carbons (Fsp3) is 0.433. The number of aliphatic hydroxyl groups is 2. The molecule has 1 aromatic rings. The van der Waals surface area contributed by atoms with E-state index in [9.17, 15) is 15.0 Å². The van der Waals surface area contributed by atoms with Gasteiger partial charge in [0.2, 0.25) is 5.91 Å². The van der Waals surface area contributed by atoms with Crippen molar-refractivity contribution in [2.75, 3.05) is 32.7 Å². The Balaban J connectivity index is 1.55. The Morgan fingerprint density at radius 3 is 2.76 bits per heavy atom. The summed E-state index contributed by atoms with van der Waals surface area (Å²) in [5.74, 6) is -0.0727. The SMILES string of the molecule is C=C/C=C1/CCCN(CC(O)C2(O)CCN(C(=O)/C=C/c3cc[nH]c3)CC2)CC/C=C/N/C1=C/C=C\C. The molecule has 3 heterocycles. The van der Waals surface area contributed by atoms with Crippen LogP contribution in [0.5, 0.6) is 0 Å². The molecule has 4 N–H and O–H groups in total. The lowest BCUT2D eigenvalue weighted by molar-refractivity contribution is -0.139. The number of hydrogen-bond acceptors (Lipinski definition) is 5. The molecule has 0 bridgehead atoms. The predicted octanol–water partition coefficient (Wildman–Crippen LogP) is 3.90. The molecule has 1 saturated heterocycles. The monoisotopic (exact) mass is 506 g/mol. The Hall–Kier alpha value is -3.13. The molecule has 7 nitrogen and oxygen atoms in total. The van der Waals surface area contributed by atoms with Crippen molar-refractivity contribution in [3.8, 4) is 0 Å². The van der Waals surface area contributed by atoms with Gasteiger partial charge in [-0.05, 0) is 81.1 Å². The van der Waals surface area contributed by atoms with Crippen LogP contribution in [0.25, 0.3) is 6.08 Å². The molecule has 0 aromatic carbocycles. The Kier molecular flexibility index (Phi) is 11.2. The predicted molar refractivity (Wildman–Crippen MR) is 150 cm³/mol. The molecule has 200 valence electrons. The van der Waals surface area contributed by atoms with Crippen molar-refractivity contribution in [1.29, 1.82) is 0 Å². The molecule has 1 amide bonds. The van der Waals surface area contributed by atoms with Crippen LogP contribution in [0.3, 0.4) is 0 Å². The van der Waals surface area contributed by atoms with E-state index in [1.807, 2.05) is 55.9 Å². The molecule has 0 radical (unpaired) electrons. The molecule has 1 aromatic heterocycles. The third-order valence-corrected chi connectivity index (χ3v) is 7.04. The fourth-order valence-electron chi connectivity index (χ4n) is 4.74. The number of piperidine rings is 1. The number of hydrogen-bond donors (Lipinski definition) is 4. The van der Waals surface area contributed by atoms with Gasteiger partial charge >= 0.3 is 0 Å². The minimum Gasteiger partial charge on any atom is -0.389 e. The van der Waals surface area contributed by atoms with Gasteiger partial charge in [0.25, 0.3) is 0 Å². The number of likely N-dealkylation sites (tertiary alicyclic amines) is 1. The lowest BCUT2D eigenvalue weighted by Gasteiger charge is -2.42. The molecule has 1 fully saturated rings. The average Bonchev–Trinajstić information content (AvgIpc) is 3.41. The number of rotatable bonds is 7. The molecule has 0 spiro atoms. The van der Waals surface area contributed by atoms with Crippen molar-refractivity contribution in [1.82, 2.24) is 20.1 Å². The van der Waals surface area contributed by atoms with Crippen LogP contribution in [-0.2, 0) is 4.79 Å². The summed E-state index contributed by atoms with van der Waals surface area (Å²) in [6.45, 7) is 8.74. The third kappa shape index (κ3) is 8.74. The van der Waals surface area contributed by atoms with Gasteiger partial charge in [0.1, 0.15) is 0 Å². The second kappa shape index (κ2) is 14.6. The van der Waals surface area contributed by atoms with Crippen molar-refractivity contribution >= 4 is 12.0 Å². The molecule has 3 rings (SSSR count). The van der Waals surface area contributed by atoms with Gasteiger partial charge < -0.3 is 30.3 Å². The minimum absolute atomic E-state index is 0.0727. The summed E-state index contributed by atoms with van der Waals surface area (Å²) in [4.78, 5) is 19.5. The first kappa shape index (κ1) is 28.4. The van der Waals surface area contributed by atoms with Gasteiger partial charge in [-0.3, -0.25) is 4.79 Å². The van der Waals surface area contributed by atoms with Crippen LogP contribution in [0, 0.1) is 0 Å². The van der Waals surface area contributed by atoms with Gasteiger partial charge in [-0.25, -0.2) is 0 Å². The molecule has 1 unspecified atom stereocenters. The van der Waals surface area contributed by atoms with E-state index >= 15 is 0 Å². The van der Waals surface area contributed by atoms with E-state index < -0.39 is 11.7 Å². The second-order valence-electron chi connectivity index (χ2n) is 9.70. The highest BCUT2D eigenvalue weighted by Crippen LogP contribution is 2.27. The molecule has 7 heteroatoms. The summed E-state index contributed by atoms with van der Waals surface area (Å²) in [7, 11) is 0. The van der Waals surface area contributed by atoms with Gasteiger partial charge in [0, 0.05) is 50.3 Å². The van der Waals surface area contributed by atoms with Crippen molar-refractivity contribution in [3.63, 3.8) is 0 Å². The van der Waals surface area contributed by atoms with E-state index in [0.29, 0.717) is 32.5 Å². The highest BCUT2D eigenvalue weighted by atomic mass is 16.3. The fourth-order valence-corrected chi connectivity index (χ4v) is 4.74. The van der Waals surface area contributed by atoms with Crippen molar-refractivity contribution in [3.05, 3.63) is 90.6 Å². The van der Waals surface area contributed by atoms with Crippen LogP contribution in [0.1, 0.15) is 44.6 Å². The van der Waals surface area contributed by atoms with Gasteiger partial charge in [0.15, 0.2) is 0 Å². The van der Waals surface area contributed by atoms with Crippen LogP contribution >= 0.6 is 0 Å². The molecular weight excluding hydrogens is 464 g/mol. The number of nitrogens with zero attached hydrogens (tertiary/aromatic N) is 2. The van der Waals surface area contributed by atoms with Gasteiger partial charge in [0.05, 0.1) is 11.7 Å². The number of aromatic amines is 1. The third-order valence-electron chi connectivity index (χ3n) is 7.04. The minimum atomic E-state index is -1.19. The molecule has 2 aliphatic rings. The van der Waals surface area contributed by atoms with E-state index in [-0.39, 0.29) is 5.91 Å². The van der Waals surface area contributed by atoms with Crippen molar-refractivity contribution < 1.29 is 15.0 Å². The highest BCUT2D eigenvalue weighted by Gasteiger charge is 2.40. The zero-order valence-electron chi connectivity index (χ0n) is 22.0. The number of carbonyl (C=O) groups is 1. The van der Waals surface area contributed by atoms with Gasteiger partial charge in [-0.15, -0.1) is 0 Å². The first-order valence-electron chi connectivity index (χ1n) is 13.2. The van der Waals surface area contributed by atoms with E-state index in [2.05, 4.69) is 33.9 Å². The number of carbonyl (C=O) groups excluding carboxylic acids is 1. The number of H-pyrrole nitrogens is 1. The summed E-state index contributed by atoms with van der Waals surface area (Å²) < 4.78 is 0. The Bertz CT molecular complexity index is 1010. The second-order valence-corrected chi connectivity index (χ2v) is 9.70. The molecule has 0 aliphatic carbocycles.